The summed E-state index contributed by atoms with van der Waals surface area (Å²) in [7, 11) is 0. The first-order chi connectivity index (χ1) is 11.1. The van der Waals surface area contributed by atoms with E-state index in [9.17, 15) is 4.79 Å². The highest BCUT2D eigenvalue weighted by atomic mass is 16.5. The molecule has 1 atom stereocenters. The first-order valence-corrected chi connectivity index (χ1v) is 7.52. The van der Waals surface area contributed by atoms with E-state index in [1.54, 1.807) is 24.0 Å². The minimum Gasteiger partial charge on any atom is -0.439 e. The van der Waals surface area contributed by atoms with Gasteiger partial charge < -0.3 is 9.64 Å². The second-order valence-electron chi connectivity index (χ2n) is 5.17. The number of ether oxygens (including phenoxy) is 1. The van der Waals surface area contributed by atoms with Crippen LogP contribution in [-0.4, -0.2) is 28.9 Å². The number of amides is 1. The van der Waals surface area contributed by atoms with E-state index in [0.29, 0.717) is 30.3 Å². The lowest BCUT2D eigenvalue weighted by Gasteiger charge is -2.21. The Morgan fingerprint density at radius 2 is 2.04 bits per heavy atom. The fraction of sp³-hybridized carbons (Fsp3) is 0.278. The van der Waals surface area contributed by atoms with Crippen LogP contribution < -0.4 is 4.74 Å². The van der Waals surface area contributed by atoms with Crippen LogP contribution in [-0.2, 0) is 0 Å². The smallest absolute Gasteiger partial charge is 0.255 e. The Bertz CT molecular complexity index is 678. The van der Waals surface area contributed by atoms with Crippen LogP contribution in [0.25, 0.3) is 0 Å². The first-order valence-electron chi connectivity index (χ1n) is 7.52. The number of benzene rings is 1. The molecule has 1 amide bonds. The number of para-hydroxylation sites is 1. The van der Waals surface area contributed by atoms with Gasteiger partial charge in [-0.15, -0.1) is 0 Å². The van der Waals surface area contributed by atoms with E-state index in [4.69, 9.17) is 10.00 Å². The average Bonchev–Trinajstić information content (AvgIpc) is 2.60. The fourth-order valence-electron chi connectivity index (χ4n) is 2.09. The molecule has 0 saturated carbocycles. The molecule has 0 spiro atoms. The lowest BCUT2D eigenvalue weighted by molar-refractivity contribution is 0.0752. The summed E-state index contributed by atoms with van der Waals surface area (Å²) in [6, 6.07) is 14.8. The molecular formula is C18H19N3O2. The molecule has 0 aliphatic rings. The summed E-state index contributed by atoms with van der Waals surface area (Å²) < 4.78 is 5.60. The Hall–Kier alpha value is -2.87. The van der Waals surface area contributed by atoms with Crippen molar-refractivity contribution in [1.29, 1.82) is 5.26 Å². The number of nitrogens with zero attached hydrogens (tertiary/aromatic N) is 3. The molecule has 2 rings (SSSR count). The van der Waals surface area contributed by atoms with E-state index in [0.717, 1.165) is 0 Å². The number of carbonyl (C=O) groups excluding carboxylic acids is 1. The molecule has 0 aliphatic heterocycles. The largest absolute Gasteiger partial charge is 0.439 e. The minimum atomic E-state index is -0.201. The molecule has 118 valence electrons. The van der Waals surface area contributed by atoms with Crippen LogP contribution in [0.1, 0.15) is 24.2 Å². The molecule has 0 aliphatic carbocycles. The van der Waals surface area contributed by atoms with Gasteiger partial charge in [0, 0.05) is 25.4 Å². The summed E-state index contributed by atoms with van der Waals surface area (Å²) in [4.78, 5) is 18.3. The summed E-state index contributed by atoms with van der Waals surface area (Å²) in [6.45, 7) is 4.65. The fourth-order valence-corrected chi connectivity index (χ4v) is 2.09. The van der Waals surface area contributed by atoms with Gasteiger partial charge in [0.15, 0.2) is 0 Å². The lowest BCUT2D eigenvalue weighted by atomic mass is 10.1. The van der Waals surface area contributed by atoms with Gasteiger partial charge in [-0.1, -0.05) is 18.2 Å². The zero-order chi connectivity index (χ0) is 16.7. The monoisotopic (exact) mass is 309 g/mol. The highest BCUT2D eigenvalue weighted by Crippen LogP contribution is 2.19. The van der Waals surface area contributed by atoms with Crippen molar-refractivity contribution in [2.45, 2.75) is 13.8 Å². The van der Waals surface area contributed by atoms with E-state index < -0.39 is 0 Å². The molecular weight excluding hydrogens is 290 g/mol. The zero-order valence-corrected chi connectivity index (χ0v) is 13.3. The molecule has 23 heavy (non-hydrogen) atoms. The molecule has 0 bridgehead atoms. The third kappa shape index (κ3) is 4.55. The summed E-state index contributed by atoms with van der Waals surface area (Å²) in [5, 5.41) is 8.89. The molecule has 5 nitrogen and oxygen atoms in total. The van der Waals surface area contributed by atoms with Crippen molar-refractivity contribution in [3.05, 3.63) is 54.2 Å². The second kappa shape index (κ2) is 7.95. The number of hydrogen-bond donors (Lipinski definition) is 0. The predicted molar refractivity (Wildman–Crippen MR) is 87.1 cm³/mol. The van der Waals surface area contributed by atoms with E-state index in [-0.39, 0.29) is 11.8 Å². The van der Waals surface area contributed by atoms with Crippen LogP contribution in [0.5, 0.6) is 11.6 Å². The molecule has 1 aromatic carbocycles. The molecule has 1 aromatic heterocycles. The number of rotatable bonds is 6. The quantitative estimate of drug-likeness (QED) is 0.819. The Labute approximate surface area is 136 Å². The van der Waals surface area contributed by atoms with Crippen LogP contribution in [0.4, 0.5) is 0 Å². The molecule has 1 heterocycles. The average molecular weight is 309 g/mol. The number of nitriles is 1. The number of pyridine rings is 1. The lowest BCUT2D eigenvalue weighted by Crippen LogP contribution is -2.34. The number of aromatic nitrogens is 1. The third-order valence-electron chi connectivity index (χ3n) is 3.33. The van der Waals surface area contributed by atoms with Gasteiger partial charge in [-0.25, -0.2) is 4.98 Å². The van der Waals surface area contributed by atoms with Gasteiger partial charge in [-0.2, -0.15) is 5.26 Å². The van der Waals surface area contributed by atoms with Crippen molar-refractivity contribution in [3.8, 4) is 17.7 Å². The van der Waals surface area contributed by atoms with Crippen molar-refractivity contribution >= 4 is 5.91 Å². The standard InChI is InChI=1S/C18H19N3O2/c1-3-21(13-14(2)11-19)18(22)15-9-10-17(20-12-15)23-16-7-5-4-6-8-16/h4-10,12,14H,3,13H2,1-2H3. The Balaban J connectivity index is 2.06. The van der Waals surface area contributed by atoms with E-state index in [1.807, 2.05) is 37.3 Å². The van der Waals surface area contributed by atoms with Crippen molar-refractivity contribution in [2.75, 3.05) is 13.1 Å². The molecule has 0 saturated heterocycles. The second-order valence-corrected chi connectivity index (χ2v) is 5.17. The maximum absolute atomic E-state index is 12.4. The van der Waals surface area contributed by atoms with Crippen LogP contribution in [0, 0.1) is 17.2 Å². The van der Waals surface area contributed by atoms with E-state index in [2.05, 4.69) is 11.1 Å². The maximum atomic E-state index is 12.4. The van der Waals surface area contributed by atoms with Crippen molar-refractivity contribution in [3.63, 3.8) is 0 Å². The Morgan fingerprint density at radius 3 is 2.61 bits per heavy atom. The molecule has 5 heteroatoms. The van der Waals surface area contributed by atoms with Gasteiger partial charge in [-0.3, -0.25) is 4.79 Å². The number of carbonyl (C=O) groups is 1. The number of hydrogen-bond acceptors (Lipinski definition) is 4. The zero-order valence-electron chi connectivity index (χ0n) is 13.3. The van der Waals surface area contributed by atoms with Crippen LogP contribution >= 0.6 is 0 Å². The molecule has 1 unspecified atom stereocenters. The summed E-state index contributed by atoms with van der Waals surface area (Å²) in [5.74, 6) is 0.791. The van der Waals surface area contributed by atoms with Crippen LogP contribution in [0.2, 0.25) is 0 Å². The molecule has 0 radical (unpaired) electrons. The van der Waals surface area contributed by atoms with E-state index in [1.165, 1.54) is 6.20 Å². The van der Waals surface area contributed by atoms with Gasteiger partial charge in [0.05, 0.1) is 17.6 Å². The normalized spacial score (nSPS) is 11.3. The van der Waals surface area contributed by atoms with Crippen LogP contribution in [0.15, 0.2) is 48.7 Å². The van der Waals surface area contributed by atoms with Gasteiger partial charge in [-0.05, 0) is 32.0 Å². The highest BCUT2D eigenvalue weighted by Gasteiger charge is 2.17. The predicted octanol–water partition coefficient (Wildman–Crippen LogP) is 3.50. The van der Waals surface area contributed by atoms with E-state index >= 15 is 0 Å². The van der Waals surface area contributed by atoms with Crippen molar-refractivity contribution in [1.82, 2.24) is 9.88 Å². The van der Waals surface area contributed by atoms with Gasteiger partial charge in [0.25, 0.3) is 5.91 Å². The first kappa shape index (κ1) is 16.5. The summed E-state index contributed by atoms with van der Waals surface area (Å²) in [5.41, 5.74) is 0.484. The Morgan fingerprint density at radius 1 is 1.30 bits per heavy atom. The highest BCUT2D eigenvalue weighted by molar-refractivity contribution is 5.94. The van der Waals surface area contributed by atoms with Crippen molar-refractivity contribution in [2.24, 2.45) is 5.92 Å². The molecule has 0 fully saturated rings. The molecule has 2 aromatic rings. The summed E-state index contributed by atoms with van der Waals surface area (Å²) >= 11 is 0. The molecule has 0 N–H and O–H groups in total. The SMILES string of the molecule is CCN(CC(C)C#N)C(=O)c1ccc(Oc2ccccc2)nc1. The Kier molecular flexibility index (Phi) is 5.70. The maximum Gasteiger partial charge on any atom is 0.255 e. The van der Waals surface area contributed by atoms with Crippen molar-refractivity contribution < 1.29 is 9.53 Å². The van der Waals surface area contributed by atoms with Gasteiger partial charge in [0.2, 0.25) is 5.88 Å². The van der Waals surface area contributed by atoms with Gasteiger partial charge >= 0.3 is 0 Å². The minimum absolute atomic E-state index is 0.131. The van der Waals surface area contributed by atoms with Crippen LogP contribution in [0.3, 0.4) is 0 Å². The topological polar surface area (TPSA) is 66.2 Å². The third-order valence-corrected chi connectivity index (χ3v) is 3.33. The van der Waals surface area contributed by atoms with Gasteiger partial charge in [0.1, 0.15) is 5.75 Å². The summed E-state index contributed by atoms with van der Waals surface area (Å²) in [6.07, 6.45) is 1.50.